The Morgan fingerprint density at radius 2 is 2.06 bits per heavy atom. The average molecular weight is 455 g/mol. The largest absolute Gasteiger partial charge is 0.366 e. The molecule has 7 nitrogen and oxygen atoms in total. The van der Waals surface area contributed by atoms with Crippen LogP contribution >= 0.6 is 0 Å². The van der Waals surface area contributed by atoms with E-state index in [0.29, 0.717) is 24.6 Å². The van der Waals surface area contributed by atoms with Crippen molar-refractivity contribution in [2.24, 2.45) is 0 Å². The number of rotatable bonds is 8. The second-order valence-corrected chi connectivity index (χ2v) is 8.52. The van der Waals surface area contributed by atoms with Crippen LogP contribution in [0.15, 0.2) is 54.5 Å². The third kappa shape index (κ3) is 7.35. The number of hydrogen-bond acceptors (Lipinski definition) is 6. The fourth-order valence-corrected chi connectivity index (χ4v) is 4.13. The van der Waals surface area contributed by atoms with Gasteiger partial charge in [-0.2, -0.15) is 0 Å². The summed E-state index contributed by atoms with van der Waals surface area (Å²) in [6, 6.07) is 14.3. The number of aromatic nitrogens is 1. The normalized spacial score (nSPS) is 22.0. The van der Waals surface area contributed by atoms with Gasteiger partial charge in [-0.25, -0.2) is 19.7 Å². The highest BCUT2D eigenvalue weighted by molar-refractivity contribution is 5.94. The van der Waals surface area contributed by atoms with E-state index in [4.69, 9.17) is 9.57 Å². The zero-order valence-corrected chi connectivity index (χ0v) is 18.7. The summed E-state index contributed by atoms with van der Waals surface area (Å²) in [6.45, 7) is 3.55. The molecule has 1 aromatic heterocycles. The van der Waals surface area contributed by atoms with Crippen molar-refractivity contribution in [1.29, 1.82) is 0 Å². The quantitative estimate of drug-likeness (QED) is 0.463. The van der Waals surface area contributed by atoms with Gasteiger partial charge >= 0.3 is 5.91 Å². The number of ether oxygens (including phenoxy) is 1. The summed E-state index contributed by atoms with van der Waals surface area (Å²) in [5.74, 6) is -1.15. The number of carbonyl (C=O) groups is 1. The minimum atomic E-state index is -0.947. The Bertz CT molecular complexity index is 917. The summed E-state index contributed by atoms with van der Waals surface area (Å²) < 4.78 is 19.6. The number of carbonyl (C=O) groups excluding carboxylic acids is 1. The Kier molecular flexibility index (Phi) is 8.41. The van der Waals surface area contributed by atoms with Gasteiger partial charge in [-0.15, -0.1) is 0 Å². The first-order valence-electron chi connectivity index (χ1n) is 11.6. The van der Waals surface area contributed by atoms with Gasteiger partial charge in [-0.3, -0.25) is 9.69 Å². The lowest BCUT2D eigenvalue weighted by Gasteiger charge is -2.33. The Labute approximate surface area is 193 Å². The molecule has 0 spiro atoms. The lowest BCUT2D eigenvalue weighted by Crippen LogP contribution is -2.41. The Hall–Kier alpha value is -2.81. The van der Waals surface area contributed by atoms with E-state index in [9.17, 15) is 9.18 Å². The number of halogens is 1. The van der Waals surface area contributed by atoms with Crippen molar-refractivity contribution in [3.8, 4) is 0 Å². The summed E-state index contributed by atoms with van der Waals surface area (Å²) in [7, 11) is 0. The molecule has 8 heteroatoms. The fourth-order valence-electron chi connectivity index (χ4n) is 4.13. The van der Waals surface area contributed by atoms with Gasteiger partial charge in [0.15, 0.2) is 12.1 Å². The minimum Gasteiger partial charge on any atom is -0.366 e. The number of anilines is 1. The third-order valence-corrected chi connectivity index (χ3v) is 5.82. The van der Waals surface area contributed by atoms with Crippen molar-refractivity contribution in [3.05, 3.63) is 65.6 Å². The molecular weight excluding hydrogens is 423 g/mol. The maximum absolute atomic E-state index is 14.2. The van der Waals surface area contributed by atoms with Crippen molar-refractivity contribution in [3.63, 3.8) is 0 Å². The highest BCUT2D eigenvalue weighted by Gasteiger charge is 2.20. The van der Waals surface area contributed by atoms with E-state index in [1.807, 2.05) is 6.07 Å². The summed E-state index contributed by atoms with van der Waals surface area (Å²) >= 11 is 0. The topological polar surface area (TPSA) is 75.7 Å². The van der Waals surface area contributed by atoms with Crippen LogP contribution in [0.5, 0.6) is 0 Å². The van der Waals surface area contributed by atoms with Gasteiger partial charge in [0.1, 0.15) is 5.82 Å². The Morgan fingerprint density at radius 3 is 2.82 bits per heavy atom. The van der Waals surface area contributed by atoms with Crippen LogP contribution in [0.3, 0.4) is 0 Å². The van der Waals surface area contributed by atoms with E-state index >= 15 is 0 Å². The van der Waals surface area contributed by atoms with E-state index in [2.05, 4.69) is 44.9 Å². The minimum absolute atomic E-state index is 0.304. The molecular formula is C25H31FN4O3. The number of nitrogens with one attached hydrogen (secondary N) is 2. The van der Waals surface area contributed by atoms with Crippen molar-refractivity contribution in [2.45, 2.75) is 51.0 Å². The molecule has 2 fully saturated rings. The number of amides is 1. The highest BCUT2D eigenvalue weighted by Crippen LogP contribution is 2.18. The molecule has 0 radical (unpaired) electrons. The van der Waals surface area contributed by atoms with Crippen molar-refractivity contribution in [2.75, 3.05) is 25.0 Å². The molecule has 2 atom stereocenters. The third-order valence-electron chi connectivity index (χ3n) is 5.82. The number of nitrogens with zero attached hydrogens (tertiary/aromatic N) is 2. The summed E-state index contributed by atoms with van der Waals surface area (Å²) in [6.07, 6.45) is 6.96. The van der Waals surface area contributed by atoms with Crippen LogP contribution in [0.1, 0.15) is 43.2 Å². The van der Waals surface area contributed by atoms with Crippen LogP contribution in [0, 0.1) is 0 Å². The Balaban J connectivity index is 1.25. The highest BCUT2D eigenvalue weighted by atomic mass is 19.1. The second kappa shape index (κ2) is 11.9. The zero-order chi connectivity index (χ0) is 22.9. The molecule has 1 aromatic carbocycles. The molecule has 1 unspecified atom stereocenters. The molecule has 0 aliphatic carbocycles. The van der Waals surface area contributed by atoms with Gasteiger partial charge in [0.25, 0.3) is 0 Å². The number of hydrogen-bond donors (Lipinski definition) is 2. The summed E-state index contributed by atoms with van der Waals surface area (Å²) in [5.41, 5.74) is 3.93. The molecule has 2 aromatic rings. The fraction of sp³-hybridized carbons (Fsp3) is 0.440. The van der Waals surface area contributed by atoms with Gasteiger partial charge in [0.05, 0.1) is 0 Å². The summed E-state index contributed by atoms with van der Waals surface area (Å²) in [5, 5.41) is 3.48. The first kappa shape index (κ1) is 23.4. The first-order chi connectivity index (χ1) is 16.2. The van der Waals surface area contributed by atoms with E-state index in [-0.39, 0.29) is 0 Å². The number of hydroxylamine groups is 1. The zero-order valence-electron chi connectivity index (χ0n) is 18.7. The molecule has 2 aliphatic rings. The number of piperidine rings is 1. The molecule has 0 saturated carbocycles. The van der Waals surface area contributed by atoms with Crippen LogP contribution < -0.4 is 10.8 Å². The van der Waals surface area contributed by atoms with Crippen LogP contribution in [-0.4, -0.2) is 47.8 Å². The SMILES string of the molecule is O=C(NOC1CCCCO1)C(F)=Cc1ccc(N[C@@H]2CCCN(Cc3ccccc3)C2)nc1. The smallest absolute Gasteiger partial charge is 0.303 e. The monoisotopic (exact) mass is 454 g/mol. The molecule has 2 aliphatic heterocycles. The van der Waals surface area contributed by atoms with E-state index in [1.54, 1.807) is 18.3 Å². The molecule has 33 heavy (non-hydrogen) atoms. The van der Waals surface area contributed by atoms with Gasteiger partial charge < -0.3 is 10.1 Å². The van der Waals surface area contributed by atoms with Crippen molar-refractivity contribution < 1.29 is 18.8 Å². The van der Waals surface area contributed by atoms with Crippen molar-refractivity contribution >= 4 is 17.8 Å². The van der Waals surface area contributed by atoms with Gasteiger partial charge in [-0.05, 0) is 61.6 Å². The maximum atomic E-state index is 14.2. The molecule has 2 N–H and O–H groups in total. The molecule has 0 bridgehead atoms. The lowest BCUT2D eigenvalue weighted by molar-refractivity contribution is -0.199. The Morgan fingerprint density at radius 1 is 1.18 bits per heavy atom. The molecule has 2 saturated heterocycles. The van der Waals surface area contributed by atoms with E-state index in [1.165, 1.54) is 5.56 Å². The van der Waals surface area contributed by atoms with Crippen LogP contribution in [0.2, 0.25) is 0 Å². The van der Waals surface area contributed by atoms with Gasteiger partial charge in [0, 0.05) is 38.4 Å². The predicted molar refractivity (Wildman–Crippen MR) is 125 cm³/mol. The molecule has 176 valence electrons. The molecule has 4 rings (SSSR count). The van der Waals surface area contributed by atoms with Gasteiger partial charge in [-0.1, -0.05) is 30.3 Å². The van der Waals surface area contributed by atoms with Gasteiger partial charge in [0.2, 0.25) is 0 Å². The average Bonchev–Trinajstić information content (AvgIpc) is 2.85. The van der Waals surface area contributed by atoms with Crippen molar-refractivity contribution in [1.82, 2.24) is 15.4 Å². The maximum Gasteiger partial charge on any atom is 0.303 e. The second-order valence-electron chi connectivity index (χ2n) is 8.52. The number of pyridine rings is 1. The van der Waals surface area contributed by atoms with E-state index < -0.39 is 18.0 Å². The molecule has 3 heterocycles. The number of benzene rings is 1. The van der Waals surface area contributed by atoms with Crippen LogP contribution in [-0.2, 0) is 20.9 Å². The summed E-state index contributed by atoms with van der Waals surface area (Å²) in [4.78, 5) is 23.9. The number of likely N-dealkylation sites (tertiary alicyclic amines) is 1. The first-order valence-corrected chi connectivity index (χ1v) is 11.6. The van der Waals surface area contributed by atoms with E-state index in [0.717, 1.165) is 57.2 Å². The predicted octanol–water partition coefficient (Wildman–Crippen LogP) is 4.04. The molecule has 1 amide bonds. The van der Waals surface area contributed by atoms with Crippen LogP contribution in [0.25, 0.3) is 6.08 Å². The lowest BCUT2D eigenvalue weighted by atomic mass is 10.0. The van der Waals surface area contributed by atoms with Crippen LogP contribution in [0.4, 0.5) is 10.2 Å². The standard InChI is InChI=1S/C25H31FN4O3/c26-22(25(31)29-33-24-10-4-5-14-32-24)15-20-11-12-23(27-16-20)28-21-9-6-13-30(18-21)17-19-7-2-1-3-8-19/h1-3,7-8,11-12,15-16,21,24H,4-6,9-10,13-14,17-18H2,(H,27,28)(H,29,31)/t21-,24?/m1/s1.